The molecule has 2 heteroatoms. The third kappa shape index (κ3) is 4.14. The molecule has 0 aliphatic rings. The SMILES string of the molecule is CCCCCC(CCC)c1ccc(F)c(C#N)c1. The zero-order chi connectivity index (χ0) is 13.4. The van der Waals surface area contributed by atoms with Gasteiger partial charge in [0.15, 0.2) is 0 Å². The first-order chi connectivity index (χ1) is 8.72. The van der Waals surface area contributed by atoms with Crippen molar-refractivity contribution in [2.75, 3.05) is 0 Å². The number of nitrogens with zero attached hydrogens (tertiary/aromatic N) is 1. The first kappa shape index (κ1) is 14.7. The third-order valence-corrected chi connectivity index (χ3v) is 3.38. The van der Waals surface area contributed by atoms with Crippen molar-refractivity contribution in [3.05, 3.63) is 35.1 Å². The van der Waals surface area contributed by atoms with Gasteiger partial charge in [0.1, 0.15) is 11.9 Å². The second-order valence-corrected chi connectivity index (χ2v) is 4.83. The molecule has 0 aliphatic carbocycles. The average molecular weight is 247 g/mol. The minimum absolute atomic E-state index is 0.170. The maximum Gasteiger partial charge on any atom is 0.140 e. The minimum atomic E-state index is -0.412. The van der Waals surface area contributed by atoms with Crippen LogP contribution in [-0.2, 0) is 0 Å². The summed E-state index contributed by atoms with van der Waals surface area (Å²) in [5.41, 5.74) is 1.29. The van der Waals surface area contributed by atoms with Gasteiger partial charge in [-0.15, -0.1) is 0 Å². The molecule has 0 heterocycles. The molecule has 0 saturated carbocycles. The largest absolute Gasteiger partial charge is 0.206 e. The molecule has 0 spiro atoms. The molecule has 0 amide bonds. The summed E-state index contributed by atoms with van der Waals surface area (Å²) in [6.45, 7) is 4.36. The minimum Gasteiger partial charge on any atom is -0.206 e. The molecule has 98 valence electrons. The lowest BCUT2D eigenvalue weighted by molar-refractivity contribution is 0.527. The molecule has 1 aromatic rings. The quantitative estimate of drug-likeness (QED) is 0.610. The molecule has 1 nitrogen and oxygen atoms in total. The highest BCUT2D eigenvalue weighted by atomic mass is 19.1. The van der Waals surface area contributed by atoms with Crippen LogP contribution in [0, 0.1) is 17.1 Å². The van der Waals surface area contributed by atoms with E-state index in [2.05, 4.69) is 13.8 Å². The van der Waals surface area contributed by atoms with Crippen molar-refractivity contribution in [2.45, 2.75) is 58.3 Å². The first-order valence-electron chi connectivity index (χ1n) is 6.92. The van der Waals surface area contributed by atoms with E-state index in [-0.39, 0.29) is 5.56 Å². The molecule has 0 N–H and O–H groups in total. The van der Waals surface area contributed by atoms with Gasteiger partial charge in [-0.05, 0) is 36.5 Å². The van der Waals surface area contributed by atoms with Crippen LogP contribution in [0.3, 0.4) is 0 Å². The van der Waals surface area contributed by atoms with Crippen molar-refractivity contribution < 1.29 is 4.39 Å². The lowest BCUT2D eigenvalue weighted by Gasteiger charge is -2.17. The maximum absolute atomic E-state index is 13.3. The zero-order valence-electron chi connectivity index (χ0n) is 11.4. The monoisotopic (exact) mass is 247 g/mol. The van der Waals surface area contributed by atoms with E-state index in [1.807, 2.05) is 12.1 Å². The molecule has 18 heavy (non-hydrogen) atoms. The van der Waals surface area contributed by atoms with Gasteiger partial charge in [-0.25, -0.2) is 4.39 Å². The zero-order valence-corrected chi connectivity index (χ0v) is 11.4. The highest BCUT2D eigenvalue weighted by Gasteiger charge is 2.12. The summed E-state index contributed by atoms with van der Waals surface area (Å²) in [6.07, 6.45) is 7.03. The second-order valence-electron chi connectivity index (χ2n) is 4.83. The fourth-order valence-corrected chi connectivity index (χ4v) is 2.35. The number of nitriles is 1. The third-order valence-electron chi connectivity index (χ3n) is 3.38. The van der Waals surface area contributed by atoms with Crippen LogP contribution >= 0.6 is 0 Å². The molecular formula is C16H22FN. The Morgan fingerprint density at radius 1 is 1.17 bits per heavy atom. The van der Waals surface area contributed by atoms with Gasteiger partial charge in [0.25, 0.3) is 0 Å². The van der Waals surface area contributed by atoms with Crippen LogP contribution in [0.5, 0.6) is 0 Å². The summed E-state index contributed by atoms with van der Waals surface area (Å²) in [4.78, 5) is 0. The van der Waals surface area contributed by atoms with Crippen molar-refractivity contribution in [1.29, 1.82) is 5.26 Å². The van der Waals surface area contributed by atoms with Crippen molar-refractivity contribution >= 4 is 0 Å². The Hall–Kier alpha value is -1.36. The lowest BCUT2D eigenvalue weighted by Crippen LogP contribution is -2.00. The summed E-state index contributed by atoms with van der Waals surface area (Å²) in [6, 6.07) is 6.91. The Morgan fingerprint density at radius 2 is 1.94 bits per heavy atom. The standard InChI is InChI=1S/C16H22FN/c1-3-5-6-8-13(7-4-2)14-9-10-16(17)15(11-14)12-18/h9-11,13H,3-8H2,1-2H3. The first-order valence-corrected chi connectivity index (χ1v) is 6.92. The van der Waals surface area contributed by atoms with E-state index in [1.54, 1.807) is 6.07 Å². The number of hydrogen-bond acceptors (Lipinski definition) is 1. The van der Waals surface area contributed by atoms with Crippen LogP contribution in [0.1, 0.15) is 69.4 Å². The van der Waals surface area contributed by atoms with Gasteiger partial charge in [0.2, 0.25) is 0 Å². The molecule has 0 fully saturated rings. The highest BCUT2D eigenvalue weighted by molar-refractivity contribution is 5.35. The van der Waals surface area contributed by atoms with Gasteiger partial charge in [0, 0.05) is 0 Å². The Balaban J connectivity index is 2.81. The lowest BCUT2D eigenvalue weighted by atomic mass is 9.88. The van der Waals surface area contributed by atoms with E-state index in [9.17, 15) is 4.39 Å². The van der Waals surface area contributed by atoms with E-state index >= 15 is 0 Å². The van der Waals surface area contributed by atoms with Crippen LogP contribution in [-0.4, -0.2) is 0 Å². The summed E-state index contributed by atoms with van der Waals surface area (Å²) >= 11 is 0. The number of rotatable bonds is 7. The summed E-state index contributed by atoms with van der Waals surface area (Å²) in [7, 11) is 0. The Kier molecular flexibility index (Phi) is 6.43. The topological polar surface area (TPSA) is 23.8 Å². The van der Waals surface area contributed by atoms with Gasteiger partial charge >= 0.3 is 0 Å². The van der Waals surface area contributed by atoms with Crippen LogP contribution in [0.4, 0.5) is 4.39 Å². The van der Waals surface area contributed by atoms with Crippen molar-refractivity contribution in [1.82, 2.24) is 0 Å². The van der Waals surface area contributed by atoms with E-state index in [0.29, 0.717) is 5.92 Å². The normalized spacial score (nSPS) is 12.1. The van der Waals surface area contributed by atoms with E-state index in [4.69, 9.17) is 5.26 Å². The highest BCUT2D eigenvalue weighted by Crippen LogP contribution is 2.28. The van der Waals surface area contributed by atoms with Crippen LogP contribution in [0.15, 0.2) is 18.2 Å². The van der Waals surface area contributed by atoms with E-state index < -0.39 is 5.82 Å². The molecule has 0 aromatic heterocycles. The molecule has 1 unspecified atom stereocenters. The summed E-state index contributed by atoms with van der Waals surface area (Å²) < 4.78 is 13.3. The van der Waals surface area contributed by atoms with Gasteiger partial charge in [0.05, 0.1) is 5.56 Å². The molecule has 1 rings (SSSR count). The number of unbranched alkanes of at least 4 members (excludes halogenated alkanes) is 2. The molecule has 0 radical (unpaired) electrons. The average Bonchev–Trinajstić information content (AvgIpc) is 2.39. The van der Waals surface area contributed by atoms with Crippen molar-refractivity contribution in [3.8, 4) is 6.07 Å². The Labute approximate surface area is 110 Å². The van der Waals surface area contributed by atoms with Crippen LogP contribution in [0.2, 0.25) is 0 Å². The van der Waals surface area contributed by atoms with E-state index in [0.717, 1.165) is 24.8 Å². The second kappa shape index (κ2) is 7.87. The Bertz CT molecular complexity index is 406. The molecular weight excluding hydrogens is 225 g/mol. The molecule has 1 aromatic carbocycles. The maximum atomic E-state index is 13.3. The predicted octanol–water partition coefficient (Wildman–Crippen LogP) is 5.16. The molecule has 0 bridgehead atoms. The van der Waals surface area contributed by atoms with Gasteiger partial charge in [-0.3, -0.25) is 0 Å². The van der Waals surface area contributed by atoms with Gasteiger partial charge < -0.3 is 0 Å². The van der Waals surface area contributed by atoms with Crippen molar-refractivity contribution in [2.24, 2.45) is 0 Å². The van der Waals surface area contributed by atoms with Crippen LogP contribution < -0.4 is 0 Å². The summed E-state index contributed by atoms with van der Waals surface area (Å²) in [5, 5.41) is 8.88. The molecule has 1 atom stereocenters. The predicted molar refractivity (Wildman–Crippen MR) is 72.9 cm³/mol. The fourth-order valence-electron chi connectivity index (χ4n) is 2.35. The van der Waals surface area contributed by atoms with Gasteiger partial charge in [-0.2, -0.15) is 5.26 Å². The summed E-state index contributed by atoms with van der Waals surface area (Å²) in [5.74, 6) is 0.0549. The smallest absolute Gasteiger partial charge is 0.140 e. The number of hydrogen-bond donors (Lipinski definition) is 0. The number of benzene rings is 1. The van der Waals surface area contributed by atoms with Gasteiger partial charge in [-0.1, -0.05) is 45.6 Å². The fraction of sp³-hybridized carbons (Fsp3) is 0.562. The van der Waals surface area contributed by atoms with Crippen molar-refractivity contribution in [3.63, 3.8) is 0 Å². The molecule has 0 aliphatic heterocycles. The Morgan fingerprint density at radius 3 is 2.56 bits per heavy atom. The van der Waals surface area contributed by atoms with E-state index in [1.165, 1.54) is 25.3 Å². The van der Waals surface area contributed by atoms with Crippen LogP contribution in [0.25, 0.3) is 0 Å². The number of halogens is 1. The molecule has 0 saturated heterocycles.